The highest BCUT2D eigenvalue weighted by Crippen LogP contribution is 2.30. The van der Waals surface area contributed by atoms with E-state index in [1.54, 1.807) is 18.2 Å². The lowest BCUT2D eigenvalue weighted by Gasteiger charge is -2.09. The number of carbonyl (C=O) groups is 1. The summed E-state index contributed by atoms with van der Waals surface area (Å²) in [7, 11) is 0. The topological polar surface area (TPSA) is 69.0 Å². The summed E-state index contributed by atoms with van der Waals surface area (Å²) in [6, 6.07) is 12.8. The van der Waals surface area contributed by atoms with Crippen molar-refractivity contribution in [2.24, 2.45) is 0 Å². The molecule has 0 fully saturated rings. The number of nitrogens with zero attached hydrogens (tertiary/aromatic N) is 3. The Morgan fingerprint density at radius 1 is 1.14 bits per heavy atom. The Morgan fingerprint density at radius 3 is 2.59 bits per heavy atom. The smallest absolute Gasteiger partial charge is 0.234 e. The van der Waals surface area contributed by atoms with E-state index in [0.717, 1.165) is 17.1 Å². The van der Waals surface area contributed by atoms with Crippen LogP contribution >= 0.6 is 35.0 Å². The minimum Gasteiger partial charge on any atom is -0.494 e. The molecule has 0 saturated heterocycles. The summed E-state index contributed by atoms with van der Waals surface area (Å²) < 4.78 is 7.45. The molecule has 1 heterocycles. The van der Waals surface area contributed by atoms with Crippen molar-refractivity contribution in [3.05, 3.63) is 52.5 Å². The minimum absolute atomic E-state index is 0.171. The molecule has 3 rings (SSSR count). The molecule has 0 atom stereocenters. The predicted molar refractivity (Wildman–Crippen MR) is 118 cm³/mol. The molecule has 2 aromatic carbocycles. The first-order chi connectivity index (χ1) is 14.0. The Bertz CT molecular complexity index is 993. The van der Waals surface area contributed by atoms with Gasteiger partial charge in [-0.2, -0.15) is 0 Å². The number of nitrogens with one attached hydrogen (secondary N) is 1. The van der Waals surface area contributed by atoms with Crippen LogP contribution in [0.5, 0.6) is 5.75 Å². The van der Waals surface area contributed by atoms with E-state index < -0.39 is 0 Å². The SMILES string of the molecule is CCOc1ccc(-c2nnc(SCC(=O)Nc3cccc(Cl)c3Cl)n2CC)cc1. The predicted octanol–water partition coefficient (Wildman–Crippen LogP) is 5.40. The Hall–Kier alpha value is -2.22. The third kappa shape index (κ3) is 5.23. The highest BCUT2D eigenvalue weighted by molar-refractivity contribution is 7.99. The maximum absolute atomic E-state index is 12.3. The van der Waals surface area contributed by atoms with Crippen LogP contribution in [0.25, 0.3) is 11.4 Å². The molecule has 6 nitrogen and oxygen atoms in total. The van der Waals surface area contributed by atoms with E-state index in [4.69, 9.17) is 27.9 Å². The number of amides is 1. The molecule has 0 saturated carbocycles. The van der Waals surface area contributed by atoms with Crippen molar-refractivity contribution in [3.8, 4) is 17.1 Å². The first-order valence-electron chi connectivity index (χ1n) is 9.06. The third-order valence-electron chi connectivity index (χ3n) is 4.01. The van der Waals surface area contributed by atoms with E-state index in [9.17, 15) is 4.79 Å². The Kier molecular flexibility index (Phi) is 7.41. The molecular formula is C20H20Cl2N4O2S. The molecule has 3 aromatic rings. The second kappa shape index (κ2) is 10.0. The average molecular weight is 451 g/mol. The summed E-state index contributed by atoms with van der Waals surface area (Å²) in [5.74, 6) is 1.53. The number of anilines is 1. The van der Waals surface area contributed by atoms with E-state index in [2.05, 4.69) is 15.5 Å². The summed E-state index contributed by atoms with van der Waals surface area (Å²) in [6.45, 7) is 5.26. The van der Waals surface area contributed by atoms with Gasteiger partial charge in [-0.1, -0.05) is 41.0 Å². The highest BCUT2D eigenvalue weighted by Gasteiger charge is 2.15. The van der Waals surface area contributed by atoms with Gasteiger partial charge in [-0.25, -0.2) is 0 Å². The number of halogens is 2. The second-order valence-electron chi connectivity index (χ2n) is 5.95. The molecule has 0 unspecified atom stereocenters. The van der Waals surface area contributed by atoms with Crippen LogP contribution in [0.2, 0.25) is 10.0 Å². The first kappa shape index (κ1) is 21.5. The largest absolute Gasteiger partial charge is 0.494 e. The van der Waals surface area contributed by atoms with E-state index in [0.29, 0.717) is 34.0 Å². The number of hydrogen-bond acceptors (Lipinski definition) is 5. The van der Waals surface area contributed by atoms with Crippen molar-refractivity contribution in [1.29, 1.82) is 0 Å². The van der Waals surface area contributed by atoms with Crippen molar-refractivity contribution in [3.63, 3.8) is 0 Å². The summed E-state index contributed by atoms with van der Waals surface area (Å²) in [5.41, 5.74) is 1.42. The van der Waals surface area contributed by atoms with Crippen molar-refractivity contribution in [2.45, 2.75) is 25.5 Å². The van der Waals surface area contributed by atoms with Crippen LogP contribution < -0.4 is 10.1 Å². The van der Waals surface area contributed by atoms with Crippen LogP contribution in [-0.2, 0) is 11.3 Å². The normalized spacial score (nSPS) is 10.8. The second-order valence-corrected chi connectivity index (χ2v) is 7.67. The number of rotatable bonds is 8. The molecule has 0 bridgehead atoms. The van der Waals surface area contributed by atoms with Crippen LogP contribution in [0.1, 0.15) is 13.8 Å². The van der Waals surface area contributed by atoms with E-state index in [1.807, 2.05) is 42.7 Å². The van der Waals surface area contributed by atoms with Gasteiger partial charge in [-0.05, 0) is 50.2 Å². The fourth-order valence-corrected chi connectivity index (χ4v) is 3.83. The summed E-state index contributed by atoms with van der Waals surface area (Å²) >= 11 is 13.4. The average Bonchev–Trinajstić information content (AvgIpc) is 3.13. The minimum atomic E-state index is -0.201. The number of carbonyl (C=O) groups excluding carboxylic acids is 1. The number of ether oxygens (including phenoxy) is 1. The molecule has 1 amide bonds. The van der Waals surface area contributed by atoms with E-state index in [1.165, 1.54) is 11.8 Å². The lowest BCUT2D eigenvalue weighted by molar-refractivity contribution is -0.113. The van der Waals surface area contributed by atoms with Crippen LogP contribution in [0, 0.1) is 0 Å². The van der Waals surface area contributed by atoms with Gasteiger partial charge in [-0.3, -0.25) is 4.79 Å². The number of benzene rings is 2. The molecule has 1 N–H and O–H groups in total. The van der Waals surface area contributed by atoms with Gasteiger partial charge in [-0.15, -0.1) is 10.2 Å². The maximum Gasteiger partial charge on any atom is 0.234 e. The molecular weight excluding hydrogens is 431 g/mol. The maximum atomic E-state index is 12.3. The fourth-order valence-electron chi connectivity index (χ4n) is 2.68. The zero-order valence-corrected chi connectivity index (χ0v) is 18.3. The van der Waals surface area contributed by atoms with Crippen LogP contribution in [0.15, 0.2) is 47.6 Å². The third-order valence-corrected chi connectivity index (χ3v) is 5.80. The first-order valence-corrected chi connectivity index (χ1v) is 10.8. The van der Waals surface area contributed by atoms with Gasteiger partial charge in [0.15, 0.2) is 11.0 Å². The fraction of sp³-hybridized carbons (Fsp3) is 0.250. The lowest BCUT2D eigenvalue weighted by atomic mass is 10.2. The Morgan fingerprint density at radius 2 is 1.90 bits per heavy atom. The van der Waals surface area contributed by atoms with Gasteiger partial charge >= 0.3 is 0 Å². The van der Waals surface area contributed by atoms with Gasteiger partial charge in [0.2, 0.25) is 5.91 Å². The molecule has 152 valence electrons. The van der Waals surface area contributed by atoms with Crippen molar-refractivity contribution < 1.29 is 9.53 Å². The molecule has 0 aliphatic heterocycles. The molecule has 0 radical (unpaired) electrons. The molecule has 9 heteroatoms. The van der Waals surface area contributed by atoms with E-state index in [-0.39, 0.29) is 11.7 Å². The highest BCUT2D eigenvalue weighted by atomic mass is 35.5. The standard InChI is InChI=1S/C20H20Cl2N4O2S/c1-3-26-19(13-8-10-14(11-9-13)28-4-2)24-25-20(26)29-12-17(27)23-16-7-5-6-15(21)18(16)22/h5-11H,3-4,12H2,1-2H3,(H,23,27). The van der Waals surface area contributed by atoms with Crippen molar-refractivity contribution in [1.82, 2.24) is 14.8 Å². The van der Waals surface area contributed by atoms with Gasteiger partial charge in [0.05, 0.1) is 28.1 Å². The number of aromatic nitrogens is 3. The Balaban J connectivity index is 1.68. The summed E-state index contributed by atoms with van der Waals surface area (Å²) in [6.07, 6.45) is 0. The van der Waals surface area contributed by atoms with Crippen LogP contribution in [-0.4, -0.2) is 33.0 Å². The molecule has 0 aliphatic rings. The summed E-state index contributed by atoms with van der Waals surface area (Å²) in [4.78, 5) is 12.3. The summed E-state index contributed by atoms with van der Waals surface area (Å²) in [5, 5.41) is 12.7. The quantitative estimate of drug-likeness (QED) is 0.465. The van der Waals surface area contributed by atoms with E-state index >= 15 is 0 Å². The molecule has 29 heavy (non-hydrogen) atoms. The number of thioether (sulfide) groups is 1. The van der Waals surface area contributed by atoms with Gasteiger partial charge in [0.25, 0.3) is 0 Å². The molecule has 1 aromatic heterocycles. The molecule has 0 spiro atoms. The zero-order valence-electron chi connectivity index (χ0n) is 16.0. The number of hydrogen-bond donors (Lipinski definition) is 1. The molecule has 0 aliphatic carbocycles. The van der Waals surface area contributed by atoms with Crippen molar-refractivity contribution >= 4 is 46.6 Å². The zero-order chi connectivity index (χ0) is 20.8. The van der Waals surface area contributed by atoms with Gasteiger partial charge in [0.1, 0.15) is 5.75 Å². The Labute approximate surface area is 183 Å². The van der Waals surface area contributed by atoms with Crippen molar-refractivity contribution in [2.75, 3.05) is 17.7 Å². The lowest BCUT2D eigenvalue weighted by Crippen LogP contribution is -2.15. The monoisotopic (exact) mass is 450 g/mol. The van der Waals surface area contributed by atoms with Gasteiger partial charge < -0.3 is 14.6 Å². The van der Waals surface area contributed by atoms with Crippen LogP contribution in [0.4, 0.5) is 5.69 Å². The van der Waals surface area contributed by atoms with Crippen LogP contribution in [0.3, 0.4) is 0 Å². The van der Waals surface area contributed by atoms with Gasteiger partial charge in [0, 0.05) is 12.1 Å².